The lowest BCUT2D eigenvalue weighted by Gasteiger charge is -2.32. The van der Waals surface area contributed by atoms with E-state index in [4.69, 9.17) is 0 Å². The molecule has 2 aromatic carbocycles. The molecule has 38 heavy (non-hydrogen) atoms. The highest BCUT2D eigenvalue weighted by Crippen LogP contribution is 2.29. The minimum Gasteiger partial charge on any atom is -0.353 e. The average Bonchev–Trinajstić information content (AvgIpc) is 3.45. The maximum Gasteiger partial charge on any atom is 0.256 e. The monoisotopic (exact) mass is 523 g/mol. The summed E-state index contributed by atoms with van der Waals surface area (Å²) < 4.78 is 15.7. The van der Waals surface area contributed by atoms with Gasteiger partial charge in [-0.25, -0.2) is 9.40 Å². The van der Waals surface area contributed by atoms with Crippen molar-refractivity contribution in [2.75, 3.05) is 44.7 Å². The molecule has 2 amide bonds. The number of benzene rings is 2. The summed E-state index contributed by atoms with van der Waals surface area (Å²) in [5.74, 6) is -0.584. The summed E-state index contributed by atoms with van der Waals surface area (Å²) in [6.45, 7) is 11.8. The van der Waals surface area contributed by atoms with Crippen LogP contribution in [0.5, 0.6) is 0 Å². The molecular weight excluding hydrogens is 485 g/mol. The molecule has 10 heteroatoms. The number of hydrogen-bond acceptors (Lipinski definition) is 6. The molecule has 0 radical (unpaired) electrons. The Kier molecular flexibility index (Phi) is 8.63. The summed E-state index contributed by atoms with van der Waals surface area (Å²) in [5.41, 5.74) is 5.60. The van der Waals surface area contributed by atoms with Crippen LogP contribution >= 0.6 is 0 Å². The molecule has 0 saturated carbocycles. The molecular formula is C28H38FN7O2. The number of amides is 2. The van der Waals surface area contributed by atoms with Crippen molar-refractivity contribution in [1.82, 2.24) is 30.4 Å². The minimum atomic E-state index is -0.279. The lowest BCUT2D eigenvalue weighted by molar-refractivity contribution is -0.145. The van der Waals surface area contributed by atoms with Crippen molar-refractivity contribution >= 4 is 28.4 Å². The molecule has 0 bridgehead atoms. The van der Waals surface area contributed by atoms with Gasteiger partial charge in [0.15, 0.2) is 0 Å². The van der Waals surface area contributed by atoms with Crippen LogP contribution in [0.3, 0.4) is 0 Å². The first-order valence-electron chi connectivity index (χ1n) is 13.2. The number of likely N-dealkylation sites (N-methyl/N-ethyl adjacent to an activating group) is 2. The second kappa shape index (κ2) is 11.9. The van der Waals surface area contributed by atoms with Crippen molar-refractivity contribution in [2.45, 2.75) is 47.3 Å². The van der Waals surface area contributed by atoms with E-state index in [-0.39, 0.29) is 30.7 Å². The first kappa shape index (κ1) is 27.5. The lowest BCUT2D eigenvalue weighted by Crippen LogP contribution is -2.48. The third kappa shape index (κ3) is 5.97. The summed E-state index contributed by atoms with van der Waals surface area (Å²) in [6.07, 6.45) is 0. The predicted octanol–water partition coefficient (Wildman–Crippen LogP) is 2.73. The average molecular weight is 524 g/mol. The Morgan fingerprint density at radius 2 is 1.82 bits per heavy atom. The fraction of sp³-hybridized carbons (Fsp3) is 0.464. The van der Waals surface area contributed by atoms with E-state index in [9.17, 15) is 14.0 Å². The summed E-state index contributed by atoms with van der Waals surface area (Å²) in [7, 11) is 1.73. The highest BCUT2D eigenvalue weighted by atomic mass is 19.1. The zero-order valence-electron chi connectivity index (χ0n) is 23.0. The predicted molar refractivity (Wildman–Crippen MR) is 147 cm³/mol. The molecule has 0 spiro atoms. The Balaban J connectivity index is 1.57. The van der Waals surface area contributed by atoms with E-state index < -0.39 is 0 Å². The number of aromatic nitrogens is 2. The Labute approximate surface area is 223 Å². The van der Waals surface area contributed by atoms with Gasteiger partial charge in [0, 0.05) is 50.8 Å². The van der Waals surface area contributed by atoms with E-state index in [1.54, 1.807) is 18.1 Å². The molecule has 9 nitrogen and oxygen atoms in total. The zero-order valence-corrected chi connectivity index (χ0v) is 23.0. The summed E-state index contributed by atoms with van der Waals surface area (Å²) >= 11 is 0. The van der Waals surface area contributed by atoms with Crippen LogP contribution in [0.4, 0.5) is 10.1 Å². The van der Waals surface area contributed by atoms with Crippen LogP contribution in [0.1, 0.15) is 36.2 Å². The number of nitrogens with zero attached hydrogens (tertiary/aromatic N) is 5. The SMILES string of the molecule is CCNCCNC(=O)CN(CC(=O)N(C)N1Cc2ccc(F)cc2C1)c1cc2c(cc1C)c(C)nn2CC. The van der Waals surface area contributed by atoms with E-state index >= 15 is 0 Å². The van der Waals surface area contributed by atoms with Crippen LogP contribution in [0, 0.1) is 19.7 Å². The largest absolute Gasteiger partial charge is 0.353 e. The van der Waals surface area contributed by atoms with Crippen molar-refractivity contribution in [3.63, 3.8) is 0 Å². The van der Waals surface area contributed by atoms with Gasteiger partial charge in [0.25, 0.3) is 5.91 Å². The molecule has 2 N–H and O–H groups in total. The molecule has 0 fully saturated rings. The molecule has 1 aliphatic rings. The number of rotatable bonds is 11. The number of anilines is 1. The van der Waals surface area contributed by atoms with Gasteiger partial charge in [-0.05, 0) is 68.3 Å². The van der Waals surface area contributed by atoms with Gasteiger partial charge < -0.3 is 15.5 Å². The van der Waals surface area contributed by atoms with Crippen LogP contribution in [0.15, 0.2) is 30.3 Å². The van der Waals surface area contributed by atoms with E-state index in [1.165, 1.54) is 12.1 Å². The number of aryl methyl sites for hydroxylation is 3. The highest BCUT2D eigenvalue weighted by Gasteiger charge is 2.28. The number of fused-ring (bicyclic) bond motifs is 2. The fourth-order valence-corrected chi connectivity index (χ4v) is 4.96. The van der Waals surface area contributed by atoms with Gasteiger partial charge in [0.1, 0.15) is 5.82 Å². The van der Waals surface area contributed by atoms with Crippen LogP contribution in [0.25, 0.3) is 10.9 Å². The quantitative estimate of drug-likeness (QED) is 0.376. The molecule has 0 unspecified atom stereocenters. The molecule has 2 heterocycles. The van der Waals surface area contributed by atoms with Crippen LogP contribution in [0.2, 0.25) is 0 Å². The Bertz CT molecular complexity index is 1320. The molecule has 0 saturated heterocycles. The van der Waals surface area contributed by atoms with Crippen molar-refractivity contribution in [2.24, 2.45) is 0 Å². The first-order valence-corrected chi connectivity index (χ1v) is 13.2. The maximum absolute atomic E-state index is 13.7. The molecule has 4 rings (SSSR count). The Morgan fingerprint density at radius 1 is 1.05 bits per heavy atom. The Morgan fingerprint density at radius 3 is 2.55 bits per heavy atom. The lowest BCUT2D eigenvalue weighted by atomic mass is 10.1. The standard InChI is InChI=1S/C28H38FN7O2/c1-6-30-10-11-31-27(37)17-34(25-14-26-24(12-19(25)3)20(4)32-36(26)7-2)18-28(38)33(5)35-15-21-8-9-23(29)13-22(21)16-35/h8-9,12-14,30H,6-7,10-11,15-18H2,1-5H3,(H,31,37). The van der Waals surface area contributed by atoms with Gasteiger partial charge in [0.05, 0.1) is 24.3 Å². The molecule has 0 atom stereocenters. The second-order valence-corrected chi connectivity index (χ2v) is 9.77. The summed E-state index contributed by atoms with van der Waals surface area (Å²) in [5, 5.41) is 15.3. The first-order chi connectivity index (χ1) is 18.2. The van der Waals surface area contributed by atoms with Gasteiger partial charge in [-0.1, -0.05) is 13.0 Å². The number of carbonyl (C=O) groups is 2. The van der Waals surface area contributed by atoms with Crippen LogP contribution < -0.4 is 15.5 Å². The number of hydrogen-bond donors (Lipinski definition) is 2. The van der Waals surface area contributed by atoms with Crippen LogP contribution in [-0.4, -0.2) is 71.4 Å². The smallest absolute Gasteiger partial charge is 0.256 e. The van der Waals surface area contributed by atoms with E-state index in [0.29, 0.717) is 26.2 Å². The number of nitrogens with one attached hydrogen (secondary N) is 2. The number of hydrazine groups is 1. The fourth-order valence-electron chi connectivity index (χ4n) is 4.96. The Hall–Kier alpha value is -3.50. The summed E-state index contributed by atoms with van der Waals surface area (Å²) in [4.78, 5) is 28.3. The van der Waals surface area contributed by atoms with Crippen molar-refractivity contribution in [3.05, 3.63) is 58.5 Å². The molecule has 3 aromatic rings. The maximum atomic E-state index is 13.7. The summed E-state index contributed by atoms with van der Waals surface area (Å²) in [6, 6.07) is 8.85. The normalized spacial score (nSPS) is 13.1. The second-order valence-electron chi connectivity index (χ2n) is 9.77. The van der Waals surface area contributed by atoms with Gasteiger partial charge in [-0.3, -0.25) is 19.3 Å². The number of carbonyl (C=O) groups excluding carboxylic acids is 2. The number of halogens is 1. The molecule has 1 aromatic heterocycles. The topological polar surface area (TPSA) is 85.7 Å². The van der Waals surface area contributed by atoms with Crippen LogP contribution in [-0.2, 0) is 29.2 Å². The minimum absolute atomic E-state index is 0.0178. The third-order valence-electron chi connectivity index (χ3n) is 7.09. The zero-order chi connectivity index (χ0) is 27.4. The molecule has 204 valence electrons. The van der Waals surface area contributed by atoms with Crippen molar-refractivity contribution < 1.29 is 14.0 Å². The van der Waals surface area contributed by atoms with Gasteiger partial charge in [-0.15, -0.1) is 0 Å². The van der Waals surface area contributed by atoms with E-state index in [0.717, 1.165) is 52.1 Å². The van der Waals surface area contributed by atoms with Gasteiger partial charge in [-0.2, -0.15) is 5.10 Å². The van der Waals surface area contributed by atoms with Crippen molar-refractivity contribution in [1.29, 1.82) is 0 Å². The molecule has 1 aliphatic heterocycles. The highest BCUT2D eigenvalue weighted by molar-refractivity contribution is 5.91. The third-order valence-corrected chi connectivity index (χ3v) is 7.09. The van der Waals surface area contributed by atoms with Gasteiger partial charge in [0.2, 0.25) is 5.91 Å². The van der Waals surface area contributed by atoms with E-state index in [1.807, 2.05) is 48.4 Å². The van der Waals surface area contributed by atoms with E-state index in [2.05, 4.69) is 21.8 Å². The van der Waals surface area contributed by atoms with Gasteiger partial charge >= 0.3 is 0 Å². The molecule has 0 aliphatic carbocycles. The van der Waals surface area contributed by atoms with Crippen molar-refractivity contribution in [3.8, 4) is 0 Å².